The van der Waals surface area contributed by atoms with Gasteiger partial charge in [-0.25, -0.2) is 0 Å². The fraction of sp³-hybridized carbons (Fsp3) is 0.0769. The number of H-pyrrole nitrogens is 1. The minimum absolute atomic E-state index is 0.539. The maximum absolute atomic E-state index is 6.02. The van der Waals surface area contributed by atoms with Gasteiger partial charge in [0.1, 0.15) is 0 Å². The van der Waals surface area contributed by atoms with E-state index in [0.29, 0.717) is 21.3 Å². The second-order valence-electron chi connectivity index (χ2n) is 3.97. The molecule has 2 aromatic heterocycles. The summed E-state index contributed by atoms with van der Waals surface area (Å²) in [7, 11) is 1.58. The van der Waals surface area contributed by atoms with E-state index in [4.69, 9.17) is 28.6 Å². The highest BCUT2D eigenvalue weighted by Crippen LogP contribution is 2.22. The van der Waals surface area contributed by atoms with Gasteiger partial charge in [0.05, 0.1) is 18.3 Å². The van der Waals surface area contributed by atoms with Crippen molar-refractivity contribution in [1.29, 1.82) is 0 Å². The van der Waals surface area contributed by atoms with E-state index in [0.717, 1.165) is 11.2 Å². The molecule has 19 heavy (non-hydrogen) atoms. The molecule has 6 heteroatoms. The average Bonchev–Trinajstić information content (AvgIpc) is 2.73. The molecule has 0 aliphatic heterocycles. The van der Waals surface area contributed by atoms with Crippen molar-refractivity contribution in [1.82, 2.24) is 14.5 Å². The van der Waals surface area contributed by atoms with Gasteiger partial charge in [0.15, 0.2) is 10.4 Å². The van der Waals surface area contributed by atoms with Crippen LogP contribution in [0.3, 0.4) is 0 Å². The van der Waals surface area contributed by atoms with Crippen LogP contribution in [0, 0.1) is 4.77 Å². The molecule has 0 radical (unpaired) electrons. The highest BCUT2D eigenvalue weighted by Gasteiger charge is 2.09. The van der Waals surface area contributed by atoms with Crippen LogP contribution in [0.25, 0.3) is 16.9 Å². The molecule has 3 rings (SSSR count). The Morgan fingerprint density at radius 2 is 2.16 bits per heavy atom. The van der Waals surface area contributed by atoms with E-state index in [-0.39, 0.29) is 0 Å². The van der Waals surface area contributed by atoms with Gasteiger partial charge in [-0.2, -0.15) is 4.98 Å². The lowest BCUT2D eigenvalue weighted by Gasteiger charge is -2.05. The Balaban J connectivity index is 2.33. The Morgan fingerprint density at radius 3 is 2.89 bits per heavy atom. The molecular formula is C13H10ClN3OS. The molecule has 0 bridgehead atoms. The maximum Gasteiger partial charge on any atom is 0.215 e. The van der Waals surface area contributed by atoms with Gasteiger partial charge < -0.3 is 9.72 Å². The molecule has 0 spiro atoms. The molecule has 4 nitrogen and oxygen atoms in total. The van der Waals surface area contributed by atoms with Gasteiger partial charge in [0, 0.05) is 11.1 Å². The predicted octanol–water partition coefficient (Wildman–Crippen LogP) is 3.75. The first-order chi connectivity index (χ1) is 9.19. The summed E-state index contributed by atoms with van der Waals surface area (Å²) >= 11 is 11.4. The fourth-order valence-electron chi connectivity index (χ4n) is 1.93. The van der Waals surface area contributed by atoms with Gasteiger partial charge >= 0.3 is 0 Å². The predicted molar refractivity (Wildman–Crippen MR) is 77.8 cm³/mol. The first-order valence-electron chi connectivity index (χ1n) is 5.61. The molecule has 0 saturated heterocycles. The number of halogens is 1. The Kier molecular flexibility index (Phi) is 3.00. The molecule has 0 aliphatic rings. The van der Waals surface area contributed by atoms with E-state index in [9.17, 15) is 0 Å². The number of nitrogens with one attached hydrogen (secondary N) is 1. The number of hydrogen-bond donors (Lipinski definition) is 1. The highest BCUT2D eigenvalue weighted by molar-refractivity contribution is 7.71. The number of methoxy groups -OCH3 is 1. The largest absolute Gasteiger partial charge is 0.481 e. The summed E-state index contributed by atoms with van der Waals surface area (Å²) in [4.78, 5) is 7.53. The van der Waals surface area contributed by atoms with Crippen LogP contribution in [0.5, 0.6) is 5.88 Å². The van der Waals surface area contributed by atoms with Crippen molar-refractivity contribution >= 4 is 35.0 Å². The monoisotopic (exact) mass is 291 g/mol. The van der Waals surface area contributed by atoms with Gasteiger partial charge in [-0.1, -0.05) is 17.7 Å². The lowest BCUT2D eigenvalue weighted by molar-refractivity contribution is 0.399. The van der Waals surface area contributed by atoms with Crippen molar-refractivity contribution in [3.63, 3.8) is 0 Å². The second-order valence-corrected chi connectivity index (χ2v) is 4.79. The van der Waals surface area contributed by atoms with E-state index in [1.165, 1.54) is 0 Å². The Morgan fingerprint density at radius 1 is 1.32 bits per heavy atom. The number of rotatable bonds is 2. The average molecular weight is 292 g/mol. The number of fused-ring (bicyclic) bond motifs is 1. The van der Waals surface area contributed by atoms with Crippen LogP contribution in [-0.4, -0.2) is 21.6 Å². The zero-order valence-electron chi connectivity index (χ0n) is 10.1. The van der Waals surface area contributed by atoms with Crippen LogP contribution in [0.2, 0.25) is 5.02 Å². The number of hydrogen-bond acceptors (Lipinski definition) is 3. The Bertz CT molecular complexity index is 809. The number of imidazole rings is 1. The van der Waals surface area contributed by atoms with Crippen LogP contribution < -0.4 is 4.74 Å². The summed E-state index contributed by atoms with van der Waals surface area (Å²) in [5.74, 6) is 0.539. The van der Waals surface area contributed by atoms with Crippen molar-refractivity contribution in [2.75, 3.05) is 7.11 Å². The summed E-state index contributed by atoms with van der Waals surface area (Å²) in [6.07, 6.45) is 0. The number of ether oxygens (including phenoxy) is 1. The molecule has 1 N–H and O–H groups in total. The van der Waals surface area contributed by atoms with Gasteiger partial charge in [0.2, 0.25) is 5.88 Å². The van der Waals surface area contributed by atoms with Crippen LogP contribution >= 0.6 is 23.8 Å². The molecule has 96 valence electrons. The van der Waals surface area contributed by atoms with E-state index >= 15 is 0 Å². The molecule has 3 aromatic rings. The van der Waals surface area contributed by atoms with Gasteiger partial charge in [0.25, 0.3) is 0 Å². The molecule has 1 aromatic carbocycles. The van der Waals surface area contributed by atoms with Crippen molar-refractivity contribution in [3.05, 3.63) is 46.2 Å². The quantitative estimate of drug-likeness (QED) is 0.731. The van der Waals surface area contributed by atoms with Crippen molar-refractivity contribution in [2.45, 2.75) is 0 Å². The summed E-state index contributed by atoms with van der Waals surface area (Å²) < 4.78 is 7.55. The number of pyridine rings is 1. The number of aromatic amines is 1. The standard InChI is InChI=1S/C13H10ClN3OS/c1-18-11-6-5-10-12(16-11)17(13(19)15-10)9-4-2-3-8(14)7-9/h2-7H,1H3,(H,15,19). The van der Waals surface area contributed by atoms with E-state index in [1.807, 2.05) is 34.9 Å². The molecule has 2 heterocycles. The summed E-state index contributed by atoms with van der Waals surface area (Å²) in [5.41, 5.74) is 2.43. The highest BCUT2D eigenvalue weighted by atomic mass is 35.5. The SMILES string of the molecule is COc1ccc2[nH]c(=S)n(-c3cccc(Cl)c3)c2n1. The first kappa shape index (κ1) is 12.2. The number of benzene rings is 1. The number of nitrogens with zero attached hydrogens (tertiary/aromatic N) is 2. The third kappa shape index (κ3) is 2.11. The Hall–Kier alpha value is -1.85. The summed E-state index contributed by atoms with van der Waals surface area (Å²) in [6, 6.07) is 11.1. The van der Waals surface area contributed by atoms with Crippen LogP contribution in [0.4, 0.5) is 0 Å². The van der Waals surface area contributed by atoms with E-state index in [2.05, 4.69) is 9.97 Å². The minimum atomic E-state index is 0.539. The van der Waals surface area contributed by atoms with Gasteiger partial charge in [-0.15, -0.1) is 0 Å². The topological polar surface area (TPSA) is 42.8 Å². The second kappa shape index (κ2) is 4.68. The lowest BCUT2D eigenvalue weighted by atomic mass is 10.3. The molecule has 0 aliphatic carbocycles. The van der Waals surface area contributed by atoms with Gasteiger partial charge in [-0.05, 0) is 36.5 Å². The molecule has 0 atom stereocenters. The zero-order valence-corrected chi connectivity index (χ0v) is 11.6. The maximum atomic E-state index is 6.02. The smallest absolute Gasteiger partial charge is 0.215 e. The fourth-order valence-corrected chi connectivity index (χ4v) is 2.42. The molecular weight excluding hydrogens is 282 g/mol. The van der Waals surface area contributed by atoms with Crippen molar-refractivity contribution in [3.8, 4) is 11.6 Å². The van der Waals surface area contributed by atoms with Crippen LogP contribution in [0.1, 0.15) is 0 Å². The molecule has 0 amide bonds. The third-order valence-electron chi connectivity index (χ3n) is 2.78. The van der Waals surface area contributed by atoms with Crippen LogP contribution in [-0.2, 0) is 0 Å². The van der Waals surface area contributed by atoms with E-state index in [1.54, 1.807) is 13.2 Å². The molecule has 0 unspecified atom stereocenters. The van der Waals surface area contributed by atoms with Crippen molar-refractivity contribution < 1.29 is 4.74 Å². The summed E-state index contributed by atoms with van der Waals surface area (Å²) in [6.45, 7) is 0. The Labute approximate surface area is 119 Å². The van der Waals surface area contributed by atoms with E-state index < -0.39 is 0 Å². The lowest BCUT2D eigenvalue weighted by Crippen LogP contribution is -1.96. The number of aromatic nitrogens is 3. The molecule has 0 saturated carbocycles. The third-order valence-corrected chi connectivity index (χ3v) is 3.30. The van der Waals surface area contributed by atoms with Crippen molar-refractivity contribution in [2.24, 2.45) is 0 Å². The van der Waals surface area contributed by atoms with Crippen LogP contribution in [0.15, 0.2) is 36.4 Å². The first-order valence-corrected chi connectivity index (χ1v) is 6.39. The minimum Gasteiger partial charge on any atom is -0.481 e. The zero-order chi connectivity index (χ0) is 13.4. The normalized spacial score (nSPS) is 10.8. The summed E-state index contributed by atoms with van der Waals surface area (Å²) in [5, 5.41) is 0.650. The van der Waals surface area contributed by atoms with Gasteiger partial charge in [-0.3, -0.25) is 4.57 Å². The molecule has 0 fully saturated rings.